The number of hydroxylamine groups is 1. The van der Waals surface area contributed by atoms with E-state index >= 15 is 0 Å². The van der Waals surface area contributed by atoms with E-state index in [1.165, 1.54) is 6.07 Å². The second-order valence-corrected chi connectivity index (χ2v) is 9.08. The van der Waals surface area contributed by atoms with E-state index < -0.39 is 19.8 Å². The third-order valence-corrected chi connectivity index (χ3v) is 7.26. The molecule has 1 atom stereocenters. The van der Waals surface area contributed by atoms with Crippen LogP contribution in [0.4, 0.5) is 10.5 Å². The SMILES string of the molecule is CCO[Si](CCCONC(=O)OCC(C)c1ccccc1[N+](=O)[O-])(OCC)OCC. The fraction of sp³-hybridized carbons (Fsp3) is 0.632. The monoisotopic (exact) mass is 444 g/mol. The summed E-state index contributed by atoms with van der Waals surface area (Å²) in [6, 6.07) is 6.93. The quantitative estimate of drug-likeness (QED) is 0.188. The summed E-state index contributed by atoms with van der Waals surface area (Å²) in [4.78, 5) is 27.6. The molecule has 1 N–H and O–H groups in total. The molecule has 0 fully saturated rings. The highest BCUT2D eigenvalue weighted by atomic mass is 28.4. The number of para-hydroxylation sites is 1. The number of carbonyl (C=O) groups excluding carboxylic acids is 1. The molecule has 1 amide bonds. The molecule has 0 bridgehead atoms. The molecule has 1 aromatic carbocycles. The van der Waals surface area contributed by atoms with Crippen LogP contribution in [0, 0.1) is 10.1 Å². The Labute approximate surface area is 178 Å². The molecule has 0 aromatic heterocycles. The standard InChI is InChI=1S/C19H32N2O8Si/c1-5-27-30(28-6-2,29-7-3)14-10-13-26-20-19(22)25-15-16(4)17-11-8-9-12-18(17)21(23)24/h8-9,11-12,16H,5-7,10,13-15H2,1-4H3,(H,20,22). The van der Waals surface area contributed by atoms with Crippen LogP contribution in [-0.2, 0) is 22.9 Å². The van der Waals surface area contributed by atoms with E-state index in [4.69, 9.17) is 22.9 Å². The molecule has 1 unspecified atom stereocenters. The fourth-order valence-corrected chi connectivity index (χ4v) is 5.44. The molecule has 0 heterocycles. The van der Waals surface area contributed by atoms with Crippen molar-refractivity contribution in [2.24, 2.45) is 0 Å². The van der Waals surface area contributed by atoms with Gasteiger partial charge in [0.25, 0.3) is 5.69 Å². The number of nitrogens with one attached hydrogen (secondary N) is 1. The summed E-state index contributed by atoms with van der Waals surface area (Å²) < 4.78 is 22.3. The van der Waals surface area contributed by atoms with E-state index in [0.29, 0.717) is 37.8 Å². The zero-order chi connectivity index (χ0) is 22.4. The van der Waals surface area contributed by atoms with Crippen molar-refractivity contribution in [3.8, 4) is 0 Å². The van der Waals surface area contributed by atoms with Gasteiger partial charge in [-0.2, -0.15) is 5.48 Å². The summed E-state index contributed by atoms with van der Waals surface area (Å²) in [7, 11) is -2.73. The lowest BCUT2D eigenvalue weighted by Crippen LogP contribution is -2.46. The Kier molecular flexibility index (Phi) is 12.2. The normalized spacial score (nSPS) is 12.4. The molecule has 0 aliphatic rings. The van der Waals surface area contributed by atoms with Crippen LogP contribution in [0.25, 0.3) is 0 Å². The number of benzene rings is 1. The Morgan fingerprint density at radius 3 is 2.30 bits per heavy atom. The lowest BCUT2D eigenvalue weighted by molar-refractivity contribution is -0.385. The van der Waals surface area contributed by atoms with Gasteiger partial charge in [0.1, 0.15) is 6.61 Å². The summed E-state index contributed by atoms with van der Waals surface area (Å²) in [6.07, 6.45) is -0.192. The number of hydrogen-bond acceptors (Lipinski definition) is 8. The first-order valence-electron chi connectivity index (χ1n) is 10.1. The third-order valence-electron chi connectivity index (χ3n) is 4.11. The van der Waals surface area contributed by atoms with E-state index in [9.17, 15) is 14.9 Å². The largest absolute Gasteiger partial charge is 0.501 e. The van der Waals surface area contributed by atoms with Crippen LogP contribution in [0.2, 0.25) is 6.04 Å². The number of nitro groups is 1. The van der Waals surface area contributed by atoms with Gasteiger partial charge in [-0.25, -0.2) is 4.79 Å². The van der Waals surface area contributed by atoms with Gasteiger partial charge in [0.15, 0.2) is 0 Å². The molecule has 30 heavy (non-hydrogen) atoms. The number of carbonyl (C=O) groups is 1. The van der Waals surface area contributed by atoms with Crippen LogP contribution in [-0.4, -0.2) is 52.9 Å². The zero-order valence-corrected chi connectivity index (χ0v) is 19.0. The highest BCUT2D eigenvalue weighted by molar-refractivity contribution is 6.60. The van der Waals surface area contributed by atoms with Crippen molar-refractivity contribution in [1.82, 2.24) is 5.48 Å². The van der Waals surface area contributed by atoms with Gasteiger partial charge in [0.05, 0.1) is 11.5 Å². The van der Waals surface area contributed by atoms with Crippen LogP contribution < -0.4 is 5.48 Å². The molecule has 0 aliphatic carbocycles. The predicted octanol–water partition coefficient (Wildman–Crippen LogP) is 3.79. The van der Waals surface area contributed by atoms with Gasteiger partial charge in [-0.05, 0) is 27.2 Å². The second kappa shape index (κ2) is 14.0. The van der Waals surface area contributed by atoms with Crippen molar-refractivity contribution in [2.75, 3.05) is 33.0 Å². The van der Waals surface area contributed by atoms with E-state index in [2.05, 4.69) is 5.48 Å². The summed E-state index contributed by atoms with van der Waals surface area (Å²) in [5.74, 6) is -0.340. The summed E-state index contributed by atoms with van der Waals surface area (Å²) in [5, 5.41) is 11.1. The Morgan fingerprint density at radius 1 is 1.13 bits per heavy atom. The predicted molar refractivity (Wildman–Crippen MR) is 112 cm³/mol. The molecule has 0 saturated heterocycles. The molecule has 11 heteroatoms. The Bertz CT molecular complexity index is 644. The minimum absolute atomic E-state index is 0.00389. The number of nitrogens with zero attached hydrogens (tertiary/aromatic N) is 1. The molecular formula is C19H32N2O8Si. The Hall–Kier alpha value is -2.05. The van der Waals surface area contributed by atoms with Gasteiger partial charge in [0.2, 0.25) is 0 Å². The average molecular weight is 445 g/mol. The van der Waals surface area contributed by atoms with Crippen LogP contribution in [0.3, 0.4) is 0 Å². The molecule has 0 spiro atoms. The maximum Gasteiger partial charge on any atom is 0.501 e. The molecule has 10 nitrogen and oxygen atoms in total. The van der Waals surface area contributed by atoms with Crippen LogP contribution in [0.1, 0.15) is 45.6 Å². The lowest BCUT2D eigenvalue weighted by atomic mass is 10.0. The van der Waals surface area contributed by atoms with Crippen molar-refractivity contribution in [1.29, 1.82) is 0 Å². The van der Waals surface area contributed by atoms with Gasteiger partial charge < -0.3 is 18.0 Å². The maximum absolute atomic E-state index is 11.8. The minimum atomic E-state index is -2.73. The van der Waals surface area contributed by atoms with Gasteiger partial charge >= 0.3 is 14.9 Å². The molecule has 1 rings (SSSR count). The van der Waals surface area contributed by atoms with Gasteiger partial charge in [0, 0.05) is 43.4 Å². The molecule has 1 aromatic rings. The first kappa shape index (κ1) is 26.0. The number of ether oxygens (including phenoxy) is 1. The smallest absolute Gasteiger partial charge is 0.447 e. The molecule has 0 saturated carbocycles. The second-order valence-electron chi connectivity index (χ2n) is 6.35. The van der Waals surface area contributed by atoms with Gasteiger partial charge in [-0.1, -0.05) is 25.1 Å². The Balaban J connectivity index is 2.37. The number of nitro benzene ring substituents is 1. The van der Waals surface area contributed by atoms with Crippen LogP contribution in [0.5, 0.6) is 0 Å². The van der Waals surface area contributed by atoms with E-state index in [1.807, 2.05) is 20.8 Å². The number of hydrogen-bond donors (Lipinski definition) is 1. The van der Waals surface area contributed by atoms with E-state index in [0.717, 1.165) is 0 Å². The number of rotatable bonds is 15. The minimum Gasteiger partial charge on any atom is -0.447 e. The summed E-state index contributed by atoms with van der Waals surface area (Å²) >= 11 is 0. The van der Waals surface area contributed by atoms with Crippen molar-refractivity contribution in [2.45, 2.75) is 46.1 Å². The van der Waals surface area contributed by atoms with Crippen molar-refractivity contribution in [3.05, 3.63) is 39.9 Å². The van der Waals surface area contributed by atoms with E-state index in [-0.39, 0.29) is 24.8 Å². The summed E-state index contributed by atoms with van der Waals surface area (Å²) in [5.41, 5.74) is 2.70. The van der Waals surface area contributed by atoms with Gasteiger partial charge in [-0.3, -0.25) is 15.0 Å². The van der Waals surface area contributed by atoms with Crippen molar-refractivity contribution in [3.63, 3.8) is 0 Å². The molecule has 170 valence electrons. The van der Waals surface area contributed by atoms with Crippen LogP contribution in [0.15, 0.2) is 24.3 Å². The third kappa shape index (κ3) is 8.75. The van der Waals surface area contributed by atoms with E-state index in [1.54, 1.807) is 25.1 Å². The average Bonchev–Trinajstić information content (AvgIpc) is 2.72. The summed E-state index contributed by atoms with van der Waals surface area (Å²) in [6.45, 7) is 9.11. The number of amides is 1. The highest BCUT2D eigenvalue weighted by Gasteiger charge is 2.39. The first-order valence-corrected chi connectivity index (χ1v) is 12.0. The van der Waals surface area contributed by atoms with Crippen LogP contribution >= 0.6 is 0 Å². The van der Waals surface area contributed by atoms with Crippen molar-refractivity contribution < 1.29 is 32.6 Å². The zero-order valence-electron chi connectivity index (χ0n) is 18.0. The highest BCUT2D eigenvalue weighted by Crippen LogP contribution is 2.26. The van der Waals surface area contributed by atoms with Crippen molar-refractivity contribution >= 4 is 20.6 Å². The molecule has 0 aliphatic heterocycles. The Morgan fingerprint density at radius 2 is 1.73 bits per heavy atom. The first-order chi connectivity index (χ1) is 14.4. The van der Waals surface area contributed by atoms with Gasteiger partial charge in [-0.15, -0.1) is 0 Å². The lowest BCUT2D eigenvalue weighted by Gasteiger charge is -2.28. The fourth-order valence-electron chi connectivity index (χ4n) is 2.86. The molecule has 0 radical (unpaired) electrons. The maximum atomic E-state index is 11.8. The topological polar surface area (TPSA) is 118 Å². The molecular weight excluding hydrogens is 412 g/mol.